The first-order valence-electron chi connectivity index (χ1n) is 10.7. The molecule has 1 aliphatic carbocycles. The van der Waals surface area contributed by atoms with Gasteiger partial charge in [-0.1, -0.05) is 31.4 Å². The third-order valence-corrected chi connectivity index (χ3v) is 6.26. The molecule has 1 aromatic carbocycles. The van der Waals surface area contributed by atoms with E-state index in [4.69, 9.17) is 4.74 Å². The molecule has 1 unspecified atom stereocenters. The second-order valence-electron chi connectivity index (χ2n) is 8.20. The Bertz CT molecular complexity index is 735. The van der Waals surface area contributed by atoms with E-state index >= 15 is 0 Å². The lowest BCUT2D eigenvalue weighted by Gasteiger charge is -2.31. The van der Waals surface area contributed by atoms with Crippen LogP contribution in [0.15, 0.2) is 36.1 Å². The Morgan fingerprint density at radius 2 is 1.89 bits per heavy atom. The molecule has 4 rings (SSSR count). The van der Waals surface area contributed by atoms with Crippen LogP contribution in [0.4, 0.5) is 0 Å². The van der Waals surface area contributed by atoms with E-state index in [1.54, 1.807) is 0 Å². The van der Waals surface area contributed by atoms with Gasteiger partial charge in [0.1, 0.15) is 5.76 Å². The summed E-state index contributed by atoms with van der Waals surface area (Å²) in [5.74, 6) is 1.17. The molecule has 2 fully saturated rings. The van der Waals surface area contributed by atoms with Crippen LogP contribution in [0.3, 0.4) is 0 Å². The summed E-state index contributed by atoms with van der Waals surface area (Å²) in [7, 11) is 0. The van der Waals surface area contributed by atoms with E-state index in [2.05, 4.69) is 10.2 Å². The number of hydrogen-bond acceptors (Lipinski definition) is 3. The SMILES string of the molecule is O=C(NCC1=CCCO1)c1ccc(CC2CCN(C3CCCCC3)C2=O)cc1. The number of benzene rings is 1. The number of likely N-dealkylation sites (tertiary alicyclic amines) is 1. The maximum Gasteiger partial charge on any atom is 0.251 e. The van der Waals surface area contributed by atoms with Gasteiger partial charge in [0.15, 0.2) is 0 Å². The summed E-state index contributed by atoms with van der Waals surface area (Å²) in [5, 5.41) is 2.89. The number of ether oxygens (including phenoxy) is 1. The molecule has 2 aliphatic heterocycles. The molecule has 3 aliphatic rings. The van der Waals surface area contributed by atoms with Crippen molar-refractivity contribution in [1.82, 2.24) is 10.2 Å². The predicted molar refractivity (Wildman–Crippen MR) is 108 cm³/mol. The highest BCUT2D eigenvalue weighted by Gasteiger charge is 2.36. The third-order valence-electron chi connectivity index (χ3n) is 6.26. The molecule has 1 N–H and O–H groups in total. The van der Waals surface area contributed by atoms with Gasteiger partial charge in [0, 0.05) is 30.5 Å². The molecule has 2 amide bonds. The van der Waals surface area contributed by atoms with Crippen molar-refractivity contribution in [2.24, 2.45) is 5.92 Å². The molecule has 5 heteroatoms. The van der Waals surface area contributed by atoms with Gasteiger partial charge in [0.25, 0.3) is 5.91 Å². The van der Waals surface area contributed by atoms with Gasteiger partial charge in [0.05, 0.1) is 13.2 Å². The Hall–Kier alpha value is -2.30. The van der Waals surface area contributed by atoms with Gasteiger partial charge in [0.2, 0.25) is 5.91 Å². The fourth-order valence-electron chi connectivity index (χ4n) is 4.65. The fourth-order valence-corrected chi connectivity index (χ4v) is 4.65. The summed E-state index contributed by atoms with van der Waals surface area (Å²) in [6.45, 7) is 2.05. The molecule has 0 bridgehead atoms. The molecule has 0 aromatic heterocycles. The van der Waals surface area contributed by atoms with Gasteiger partial charge in [-0.25, -0.2) is 0 Å². The van der Waals surface area contributed by atoms with Crippen LogP contribution in [0, 0.1) is 5.92 Å². The minimum atomic E-state index is -0.0941. The highest BCUT2D eigenvalue weighted by atomic mass is 16.5. The molecule has 1 atom stereocenters. The Balaban J connectivity index is 1.29. The van der Waals surface area contributed by atoms with Crippen molar-refractivity contribution in [3.05, 3.63) is 47.2 Å². The Morgan fingerprint density at radius 3 is 2.61 bits per heavy atom. The first-order valence-corrected chi connectivity index (χ1v) is 10.7. The van der Waals surface area contributed by atoms with Crippen LogP contribution in [0.1, 0.15) is 60.9 Å². The summed E-state index contributed by atoms with van der Waals surface area (Å²) in [5.41, 5.74) is 1.77. The first kappa shape index (κ1) is 19.0. The van der Waals surface area contributed by atoms with E-state index in [0.29, 0.717) is 30.7 Å². The highest BCUT2D eigenvalue weighted by Crippen LogP contribution is 2.30. The molecule has 2 heterocycles. The molecule has 1 saturated heterocycles. The van der Waals surface area contributed by atoms with Gasteiger partial charge >= 0.3 is 0 Å². The third kappa shape index (κ3) is 4.40. The van der Waals surface area contributed by atoms with Crippen molar-refractivity contribution in [2.75, 3.05) is 19.7 Å². The van der Waals surface area contributed by atoms with Crippen LogP contribution in [0.2, 0.25) is 0 Å². The minimum Gasteiger partial charge on any atom is -0.496 e. The first-order chi connectivity index (χ1) is 13.7. The van der Waals surface area contributed by atoms with Gasteiger partial charge in [-0.2, -0.15) is 0 Å². The lowest BCUT2D eigenvalue weighted by molar-refractivity contribution is -0.133. The number of nitrogens with zero attached hydrogens (tertiary/aromatic N) is 1. The maximum atomic E-state index is 12.8. The zero-order chi connectivity index (χ0) is 19.3. The Kier molecular flexibility index (Phi) is 5.98. The van der Waals surface area contributed by atoms with Crippen LogP contribution in [-0.2, 0) is 16.0 Å². The van der Waals surface area contributed by atoms with E-state index in [0.717, 1.165) is 37.1 Å². The van der Waals surface area contributed by atoms with Crippen molar-refractivity contribution >= 4 is 11.8 Å². The lowest BCUT2D eigenvalue weighted by atomic mass is 9.94. The number of nitrogens with one attached hydrogen (secondary N) is 1. The van der Waals surface area contributed by atoms with E-state index in [1.165, 1.54) is 32.1 Å². The summed E-state index contributed by atoms with van der Waals surface area (Å²) < 4.78 is 5.41. The van der Waals surface area contributed by atoms with Crippen molar-refractivity contribution in [3.63, 3.8) is 0 Å². The zero-order valence-corrected chi connectivity index (χ0v) is 16.5. The molecule has 5 nitrogen and oxygen atoms in total. The number of carbonyl (C=O) groups is 2. The smallest absolute Gasteiger partial charge is 0.251 e. The zero-order valence-electron chi connectivity index (χ0n) is 16.5. The van der Waals surface area contributed by atoms with Crippen molar-refractivity contribution in [2.45, 2.75) is 57.4 Å². The van der Waals surface area contributed by atoms with Gasteiger partial charge in [-0.15, -0.1) is 0 Å². The van der Waals surface area contributed by atoms with E-state index in [-0.39, 0.29) is 11.8 Å². The molecular formula is C23H30N2O3. The molecule has 0 radical (unpaired) electrons. The Morgan fingerprint density at radius 1 is 1.11 bits per heavy atom. The number of rotatable bonds is 6. The number of hydrogen-bond donors (Lipinski definition) is 1. The standard InChI is InChI=1S/C23H30N2O3/c26-22(24-16-21-7-4-14-28-21)18-10-8-17(9-11-18)15-19-12-13-25(23(19)27)20-5-2-1-3-6-20/h7-11,19-20H,1-6,12-16H2,(H,24,26). The quantitative estimate of drug-likeness (QED) is 0.820. The highest BCUT2D eigenvalue weighted by molar-refractivity contribution is 5.94. The second-order valence-corrected chi connectivity index (χ2v) is 8.20. The molecule has 150 valence electrons. The average Bonchev–Trinajstić information content (AvgIpc) is 3.38. The maximum absolute atomic E-state index is 12.8. The molecule has 1 aromatic rings. The Labute approximate surface area is 167 Å². The van der Waals surface area contributed by atoms with Crippen molar-refractivity contribution in [1.29, 1.82) is 0 Å². The molecular weight excluding hydrogens is 352 g/mol. The van der Waals surface area contributed by atoms with Gasteiger partial charge in [-0.05, 0) is 49.5 Å². The summed E-state index contributed by atoms with van der Waals surface area (Å²) in [4.78, 5) is 27.3. The lowest BCUT2D eigenvalue weighted by Crippen LogP contribution is -2.39. The van der Waals surface area contributed by atoms with Crippen LogP contribution in [0.5, 0.6) is 0 Å². The van der Waals surface area contributed by atoms with Crippen molar-refractivity contribution < 1.29 is 14.3 Å². The van der Waals surface area contributed by atoms with E-state index in [1.807, 2.05) is 30.3 Å². The molecule has 28 heavy (non-hydrogen) atoms. The predicted octanol–water partition coefficient (Wildman–Crippen LogP) is 3.44. The fraction of sp³-hybridized carbons (Fsp3) is 0.565. The summed E-state index contributed by atoms with van der Waals surface area (Å²) in [6, 6.07) is 8.14. The van der Waals surface area contributed by atoms with Crippen LogP contribution in [0.25, 0.3) is 0 Å². The monoisotopic (exact) mass is 382 g/mol. The topological polar surface area (TPSA) is 58.6 Å². The van der Waals surface area contributed by atoms with Crippen molar-refractivity contribution in [3.8, 4) is 0 Å². The van der Waals surface area contributed by atoms with Crippen LogP contribution >= 0.6 is 0 Å². The van der Waals surface area contributed by atoms with Gasteiger partial charge in [-0.3, -0.25) is 9.59 Å². The largest absolute Gasteiger partial charge is 0.496 e. The summed E-state index contributed by atoms with van der Waals surface area (Å²) >= 11 is 0. The minimum absolute atomic E-state index is 0.0908. The van der Waals surface area contributed by atoms with Crippen LogP contribution in [-0.4, -0.2) is 42.5 Å². The summed E-state index contributed by atoms with van der Waals surface area (Å²) in [6.07, 6.45) is 10.8. The normalized spacial score (nSPS) is 22.9. The van der Waals surface area contributed by atoms with E-state index < -0.39 is 0 Å². The number of carbonyl (C=O) groups excluding carboxylic acids is 2. The molecule has 0 spiro atoms. The molecule has 1 saturated carbocycles. The number of amides is 2. The second kappa shape index (κ2) is 8.80. The van der Waals surface area contributed by atoms with E-state index in [9.17, 15) is 9.59 Å². The van der Waals surface area contributed by atoms with Crippen LogP contribution < -0.4 is 5.32 Å². The van der Waals surface area contributed by atoms with Gasteiger partial charge < -0.3 is 15.0 Å². The average molecular weight is 383 g/mol.